The molecule has 0 bridgehead atoms. The summed E-state index contributed by atoms with van der Waals surface area (Å²) in [4.78, 5) is 3.87. The molecule has 0 aliphatic carbocycles. The summed E-state index contributed by atoms with van der Waals surface area (Å²) >= 11 is 0. The predicted octanol–water partition coefficient (Wildman–Crippen LogP) is 2.58. The molecule has 2 rings (SSSR count). The normalized spacial score (nSPS) is 9.71. The topological polar surface area (TPSA) is 42.4 Å². The van der Waals surface area contributed by atoms with E-state index < -0.39 is 0 Å². The number of benzene rings is 1. The average Bonchev–Trinajstić information content (AvgIpc) is 2.23. The number of aromatic nitrogens is 1. The molecular formula is C11H9NO2. The van der Waals surface area contributed by atoms with Crippen molar-refractivity contribution < 1.29 is 9.84 Å². The first kappa shape index (κ1) is 8.56. The maximum Gasteiger partial charge on any atom is 0.169 e. The van der Waals surface area contributed by atoms with Gasteiger partial charge in [0.25, 0.3) is 0 Å². The van der Waals surface area contributed by atoms with Crippen LogP contribution in [0.5, 0.6) is 17.2 Å². The van der Waals surface area contributed by atoms with E-state index in [9.17, 15) is 5.11 Å². The molecule has 0 fully saturated rings. The molecule has 2 aromatic rings. The van der Waals surface area contributed by atoms with Gasteiger partial charge in [0.05, 0.1) is 0 Å². The van der Waals surface area contributed by atoms with Gasteiger partial charge in [-0.2, -0.15) is 0 Å². The smallest absolute Gasteiger partial charge is 0.169 e. The molecule has 1 N–H and O–H groups in total. The van der Waals surface area contributed by atoms with E-state index in [1.807, 2.05) is 0 Å². The Hall–Kier alpha value is -2.03. The molecule has 1 aromatic carbocycles. The van der Waals surface area contributed by atoms with Gasteiger partial charge in [-0.1, -0.05) is 12.1 Å². The average molecular weight is 187 g/mol. The maximum absolute atomic E-state index is 9.43. The van der Waals surface area contributed by atoms with Crippen molar-refractivity contribution in [2.24, 2.45) is 0 Å². The Morgan fingerprint density at radius 2 is 1.71 bits per heavy atom. The van der Waals surface area contributed by atoms with Gasteiger partial charge < -0.3 is 9.84 Å². The molecule has 1 aromatic heterocycles. The second-order valence-electron chi connectivity index (χ2n) is 2.75. The van der Waals surface area contributed by atoms with Crippen LogP contribution in [0, 0.1) is 0 Å². The third-order valence-corrected chi connectivity index (χ3v) is 1.74. The lowest BCUT2D eigenvalue weighted by Gasteiger charge is -2.05. The van der Waals surface area contributed by atoms with Crippen LogP contribution in [-0.2, 0) is 0 Å². The van der Waals surface area contributed by atoms with Crippen molar-refractivity contribution in [3.05, 3.63) is 48.8 Å². The van der Waals surface area contributed by atoms with Gasteiger partial charge in [0.2, 0.25) is 0 Å². The molecule has 0 radical (unpaired) electrons. The Bertz CT molecular complexity index is 415. The van der Waals surface area contributed by atoms with Gasteiger partial charge in [0.1, 0.15) is 5.75 Å². The van der Waals surface area contributed by atoms with Gasteiger partial charge in [-0.25, -0.2) is 0 Å². The second-order valence-corrected chi connectivity index (χ2v) is 2.75. The summed E-state index contributed by atoms with van der Waals surface area (Å²) in [6.07, 6.45) is 3.27. The molecule has 0 aliphatic rings. The van der Waals surface area contributed by atoms with Gasteiger partial charge in [-0.15, -0.1) is 0 Å². The number of hydrogen-bond donors (Lipinski definition) is 1. The SMILES string of the molecule is Oc1ccccc1Oc1ccncc1. The first-order chi connectivity index (χ1) is 6.86. The molecule has 0 amide bonds. The zero-order chi connectivity index (χ0) is 9.80. The maximum atomic E-state index is 9.43. The summed E-state index contributed by atoms with van der Waals surface area (Å²) < 4.78 is 5.42. The van der Waals surface area contributed by atoms with Crippen LogP contribution in [0.15, 0.2) is 48.8 Å². The largest absolute Gasteiger partial charge is 0.504 e. The minimum Gasteiger partial charge on any atom is -0.504 e. The van der Waals surface area contributed by atoms with Crippen LogP contribution < -0.4 is 4.74 Å². The van der Waals surface area contributed by atoms with Crippen LogP contribution in [0.4, 0.5) is 0 Å². The van der Waals surface area contributed by atoms with Crippen molar-refractivity contribution in [2.45, 2.75) is 0 Å². The number of ether oxygens (including phenoxy) is 1. The molecule has 70 valence electrons. The molecule has 0 atom stereocenters. The number of aromatic hydroxyl groups is 1. The minimum absolute atomic E-state index is 0.129. The van der Waals surface area contributed by atoms with E-state index >= 15 is 0 Å². The molecule has 0 saturated carbocycles. The molecule has 3 nitrogen and oxygen atoms in total. The minimum atomic E-state index is 0.129. The molecule has 0 aliphatic heterocycles. The van der Waals surface area contributed by atoms with Crippen molar-refractivity contribution in [3.8, 4) is 17.2 Å². The van der Waals surface area contributed by atoms with E-state index in [2.05, 4.69) is 4.98 Å². The molecule has 3 heteroatoms. The predicted molar refractivity (Wildman–Crippen MR) is 52.4 cm³/mol. The number of rotatable bonds is 2. The zero-order valence-corrected chi connectivity index (χ0v) is 7.42. The highest BCUT2D eigenvalue weighted by Crippen LogP contribution is 2.29. The Morgan fingerprint density at radius 3 is 2.43 bits per heavy atom. The number of pyridine rings is 1. The van der Waals surface area contributed by atoms with Crippen molar-refractivity contribution >= 4 is 0 Å². The monoisotopic (exact) mass is 187 g/mol. The Balaban J connectivity index is 2.24. The first-order valence-corrected chi connectivity index (χ1v) is 4.22. The molecule has 0 unspecified atom stereocenters. The summed E-state index contributed by atoms with van der Waals surface area (Å²) in [6, 6.07) is 10.3. The highest BCUT2D eigenvalue weighted by Gasteiger charge is 2.00. The van der Waals surface area contributed by atoms with E-state index in [1.165, 1.54) is 0 Å². The summed E-state index contributed by atoms with van der Waals surface area (Å²) in [7, 11) is 0. The lowest BCUT2D eigenvalue weighted by Crippen LogP contribution is -1.84. The second kappa shape index (κ2) is 3.79. The Labute approximate surface area is 81.6 Å². The third kappa shape index (κ3) is 1.82. The van der Waals surface area contributed by atoms with Gasteiger partial charge >= 0.3 is 0 Å². The van der Waals surface area contributed by atoms with E-state index in [4.69, 9.17) is 4.74 Å². The number of nitrogens with zero attached hydrogens (tertiary/aromatic N) is 1. The van der Waals surface area contributed by atoms with E-state index in [0.717, 1.165) is 0 Å². The van der Waals surface area contributed by atoms with Crippen molar-refractivity contribution in [2.75, 3.05) is 0 Å². The van der Waals surface area contributed by atoms with Crippen molar-refractivity contribution in [3.63, 3.8) is 0 Å². The lowest BCUT2D eigenvalue weighted by atomic mass is 10.3. The summed E-state index contributed by atoms with van der Waals surface area (Å²) in [5.41, 5.74) is 0. The van der Waals surface area contributed by atoms with Gasteiger partial charge in [0.15, 0.2) is 11.5 Å². The fourth-order valence-corrected chi connectivity index (χ4v) is 1.08. The summed E-state index contributed by atoms with van der Waals surface area (Å²) in [5, 5.41) is 9.43. The van der Waals surface area contributed by atoms with E-state index in [1.54, 1.807) is 48.8 Å². The van der Waals surface area contributed by atoms with Crippen LogP contribution in [-0.4, -0.2) is 10.1 Å². The molecule has 0 saturated heterocycles. The lowest BCUT2D eigenvalue weighted by molar-refractivity contribution is 0.411. The van der Waals surface area contributed by atoms with Gasteiger partial charge in [0, 0.05) is 12.4 Å². The van der Waals surface area contributed by atoms with E-state index in [0.29, 0.717) is 11.5 Å². The highest BCUT2D eigenvalue weighted by atomic mass is 16.5. The summed E-state index contributed by atoms with van der Waals surface area (Å²) in [5.74, 6) is 1.23. The Morgan fingerprint density at radius 1 is 1.00 bits per heavy atom. The molecular weight excluding hydrogens is 178 g/mol. The van der Waals surface area contributed by atoms with E-state index in [-0.39, 0.29) is 5.75 Å². The fraction of sp³-hybridized carbons (Fsp3) is 0. The number of para-hydroxylation sites is 2. The van der Waals surface area contributed by atoms with Crippen molar-refractivity contribution in [1.82, 2.24) is 4.98 Å². The molecule has 14 heavy (non-hydrogen) atoms. The van der Waals surface area contributed by atoms with Crippen LogP contribution >= 0.6 is 0 Å². The number of phenolic OH excluding ortho intramolecular Hbond substituents is 1. The van der Waals surface area contributed by atoms with Crippen LogP contribution in [0.3, 0.4) is 0 Å². The number of hydrogen-bond acceptors (Lipinski definition) is 3. The van der Waals surface area contributed by atoms with Crippen LogP contribution in [0.2, 0.25) is 0 Å². The third-order valence-electron chi connectivity index (χ3n) is 1.74. The van der Waals surface area contributed by atoms with Crippen LogP contribution in [0.25, 0.3) is 0 Å². The van der Waals surface area contributed by atoms with Gasteiger partial charge in [-0.3, -0.25) is 4.98 Å². The Kier molecular flexibility index (Phi) is 2.32. The fourth-order valence-electron chi connectivity index (χ4n) is 1.08. The number of phenols is 1. The van der Waals surface area contributed by atoms with Crippen LogP contribution in [0.1, 0.15) is 0 Å². The van der Waals surface area contributed by atoms with Crippen molar-refractivity contribution in [1.29, 1.82) is 0 Å². The standard InChI is InChI=1S/C11H9NO2/c13-10-3-1-2-4-11(10)14-9-5-7-12-8-6-9/h1-8,13H. The zero-order valence-electron chi connectivity index (χ0n) is 7.42. The van der Waals surface area contributed by atoms with Gasteiger partial charge in [-0.05, 0) is 24.3 Å². The molecule has 0 spiro atoms. The quantitative estimate of drug-likeness (QED) is 0.785. The summed E-state index contributed by atoms with van der Waals surface area (Å²) in [6.45, 7) is 0. The first-order valence-electron chi connectivity index (χ1n) is 4.22. The highest BCUT2D eigenvalue weighted by molar-refractivity contribution is 5.41. The molecule has 1 heterocycles.